The van der Waals surface area contributed by atoms with Crippen molar-refractivity contribution in [3.8, 4) is 0 Å². The summed E-state index contributed by atoms with van der Waals surface area (Å²) < 4.78 is 0.876. The Labute approximate surface area is 102 Å². The number of pyridine rings is 1. The highest BCUT2D eigenvalue weighted by Crippen LogP contribution is 2.28. The average Bonchev–Trinajstić information content (AvgIpc) is 2.51. The van der Waals surface area contributed by atoms with Gasteiger partial charge in [-0.15, -0.1) is 24.8 Å². The van der Waals surface area contributed by atoms with Crippen molar-refractivity contribution in [3.05, 3.63) is 35.3 Å². The Morgan fingerprint density at radius 1 is 1.47 bits per heavy atom. The lowest BCUT2D eigenvalue weighted by Crippen LogP contribution is -2.27. The van der Waals surface area contributed by atoms with Crippen LogP contribution in [0.4, 0.5) is 0 Å². The minimum Gasteiger partial charge on any atom is -0.619 e. The first-order valence-electron chi connectivity index (χ1n) is 4.66. The monoisotopic (exact) mass is 250 g/mol. The van der Waals surface area contributed by atoms with Crippen LogP contribution in [0.2, 0.25) is 0 Å². The maximum Gasteiger partial charge on any atom is 0.185 e. The summed E-state index contributed by atoms with van der Waals surface area (Å²) in [5.41, 5.74) is 1.14. The largest absolute Gasteiger partial charge is 0.619 e. The Bertz CT molecular complexity index is 309. The van der Waals surface area contributed by atoms with Gasteiger partial charge in [0.25, 0.3) is 0 Å². The fraction of sp³-hybridized carbons (Fsp3) is 0.500. The molecule has 0 aromatic carbocycles. The topological polar surface area (TPSA) is 30.2 Å². The molecule has 0 aliphatic carbocycles. The first kappa shape index (κ1) is 14.5. The zero-order valence-electron chi connectivity index (χ0n) is 8.63. The third-order valence-corrected chi connectivity index (χ3v) is 2.70. The van der Waals surface area contributed by atoms with Crippen molar-refractivity contribution in [2.75, 3.05) is 13.6 Å². The van der Waals surface area contributed by atoms with Crippen LogP contribution >= 0.6 is 24.8 Å². The van der Waals surface area contributed by atoms with E-state index in [0.29, 0.717) is 6.04 Å². The molecule has 0 radical (unpaired) electrons. The predicted molar refractivity (Wildman–Crippen MR) is 64.5 cm³/mol. The van der Waals surface area contributed by atoms with E-state index in [0.717, 1.165) is 16.8 Å². The maximum atomic E-state index is 11.1. The van der Waals surface area contributed by atoms with Gasteiger partial charge in [-0.05, 0) is 32.5 Å². The summed E-state index contributed by atoms with van der Waals surface area (Å²) in [5, 5.41) is 11.1. The van der Waals surface area contributed by atoms with E-state index in [-0.39, 0.29) is 24.8 Å². The second-order valence-electron chi connectivity index (χ2n) is 3.64. The number of likely N-dealkylation sites (tertiary alicyclic amines) is 1. The second-order valence-corrected chi connectivity index (χ2v) is 3.64. The molecule has 1 atom stereocenters. The highest BCUT2D eigenvalue weighted by Gasteiger charge is 2.23. The van der Waals surface area contributed by atoms with Gasteiger partial charge in [0.05, 0.1) is 0 Å². The van der Waals surface area contributed by atoms with Crippen LogP contribution in [0.1, 0.15) is 24.4 Å². The standard InChI is InChI=1S/C10H14N2O.2ClH/c1-11-6-3-5-10(11)9-4-2-7-12(13)8-9;;/h2,4,7-8,10H,3,5-6H2,1H3;2*1H/t10-;;/m0../s1. The number of hydrogen-bond acceptors (Lipinski definition) is 2. The van der Waals surface area contributed by atoms with Crippen molar-refractivity contribution in [1.29, 1.82) is 0 Å². The second kappa shape index (κ2) is 6.16. The molecule has 2 heterocycles. The van der Waals surface area contributed by atoms with E-state index in [9.17, 15) is 5.21 Å². The number of nitrogens with zero attached hydrogens (tertiary/aromatic N) is 2. The van der Waals surface area contributed by atoms with Crippen molar-refractivity contribution in [2.24, 2.45) is 0 Å². The quantitative estimate of drug-likeness (QED) is 0.564. The molecule has 1 fully saturated rings. The number of halogens is 2. The van der Waals surface area contributed by atoms with Gasteiger partial charge in [-0.3, -0.25) is 4.90 Å². The highest BCUT2D eigenvalue weighted by molar-refractivity contribution is 5.85. The summed E-state index contributed by atoms with van der Waals surface area (Å²) in [4.78, 5) is 2.30. The zero-order valence-corrected chi connectivity index (χ0v) is 10.3. The molecule has 0 spiro atoms. The summed E-state index contributed by atoms with van der Waals surface area (Å²) >= 11 is 0. The minimum absolute atomic E-state index is 0. The van der Waals surface area contributed by atoms with Crippen LogP contribution in [0, 0.1) is 5.21 Å². The summed E-state index contributed by atoms with van der Waals surface area (Å²) in [6.45, 7) is 1.14. The molecule has 1 aliphatic heterocycles. The third kappa shape index (κ3) is 3.23. The van der Waals surface area contributed by atoms with Crippen molar-refractivity contribution in [1.82, 2.24) is 4.90 Å². The molecule has 2 rings (SSSR count). The van der Waals surface area contributed by atoms with E-state index in [1.807, 2.05) is 12.1 Å². The molecule has 3 nitrogen and oxygen atoms in total. The van der Waals surface area contributed by atoms with E-state index in [1.165, 1.54) is 19.0 Å². The van der Waals surface area contributed by atoms with Gasteiger partial charge < -0.3 is 5.21 Å². The molecule has 1 saturated heterocycles. The highest BCUT2D eigenvalue weighted by atomic mass is 35.5. The van der Waals surface area contributed by atoms with Gasteiger partial charge >= 0.3 is 0 Å². The van der Waals surface area contributed by atoms with Gasteiger partial charge in [0.2, 0.25) is 0 Å². The van der Waals surface area contributed by atoms with Crippen LogP contribution < -0.4 is 4.73 Å². The summed E-state index contributed by atoms with van der Waals surface area (Å²) in [6.07, 6.45) is 5.60. The molecule has 5 heteroatoms. The van der Waals surface area contributed by atoms with E-state index in [4.69, 9.17) is 0 Å². The predicted octanol–water partition coefficient (Wildman–Crippen LogP) is 1.93. The van der Waals surface area contributed by atoms with Gasteiger partial charge in [-0.25, -0.2) is 0 Å². The van der Waals surface area contributed by atoms with Crippen LogP contribution in [0.25, 0.3) is 0 Å². The zero-order chi connectivity index (χ0) is 9.26. The Balaban J connectivity index is 0.000000980. The van der Waals surface area contributed by atoms with Crippen LogP contribution in [0.3, 0.4) is 0 Å². The van der Waals surface area contributed by atoms with Gasteiger partial charge in [-0.1, -0.05) is 0 Å². The van der Waals surface area contributed by atoms with Gasteiger partial charge in [-0.2, -0.15) is 4.73 Å². The Morgan fingerprint density at radius 2 is 2.20 bits per heavy atom. The molecule has 86 valence electrons. The van der Waals surface area contributed by atoms with Crippen LogP contribution in [-0.2, 0) is 0 Å². The summed E-state index contributed by atoms with van der Waals surface area (Å²) in [6, 6.07) is 4.29. The SMILES string of the molecule is CN1CCC[C@H]1c1ccc[n+]([O-])c1.Cl.Cl. The minimum atomic E-state index is 0. The molecule has 0 amide bonds. The Hall–Kier alpha value is -0.510. The fourth-order valence-corrected chi connectivity index (χ4v) is 2.00. The lowest BCUT2D eigenvalue weighted by Gasteiger charge is -2.18. The molecular formula is C10H16Cl2N2O. The third-order valence-electron chi connectivity index (χ3n) is 2.70. The smallest absolute Gasteiger partial charge is 0.185 e. The molecule has 0 saturated carbocycles. The normalized spacial score (nSPS) is 20.5. The van der Waals surface area contributed by atoms with Gasteiger partial charge in [0.15, 0.2) is 12.4 Å². The lowest BCUT2D eigenvalue weighted by molar-refractivity contribution is -0.606. The average molecular weight is 251 g/mol. The molecule has 15 heavy (non-hydrogen) atoms. The van der Waals surface area contributed by atoms with E-state index >= 15 is 0 Å². The first-order valence-corrected chi connectivity index (χ1v) is 4.66. The summed E-state index contributed by atoms with van der Waals surface area (Å²) in [7, 11) is 2.11. The van der Waals surface area contributed by atoms with Gasteiger partial charge in [0.1, 0.15) is 0 Å². The number of aromatic nitrogens is 1. The van der Waals surface area contributed by atoms with Crippen molar-refractivity contribution in [2.45, 2.75) is 18.9 Å². The van der Waals surface area contributed by atoms with Crippen molar-refractivity contribution in [3.63, 3.8) is 0 Å². The number of hydrogen-bond donors (Lipinski definition) is 0. The molecular weight excluding hydrogens is 235 g/mol. The molecule has 0 unspecified atom stereocenters. The molecule has 1 aromatic heterocycles. The maximum absolute atomic E-state index is 11.1. The molecule has 1 aliphatic rings. The Morgan fingerprint density at radius 3 is 2.73 bits per heavy atom. The van der Waals surface area contributed by atoms with Crippen LogP contribution in [-0.4, -0.2) is 18.5 Å². The van der Waals surface area contributed by atoms with E-state index < -0.39 is 0 Å². The fourth-order valence-electron chi connectivity index (χ4n) is 2.00. The van der Waals surface area contributed by atoms with Crippen molar-refractivity contribution < 1.29 is 4.73 Å². The molecule has 0 N–H and O–H groups in total. The molecule has 0 bridgehead atoms. The molecule has 1 aromatic rings. The van der Waals surface area contributed by atoms with Crippen molar-refractivity contribution >= 4 is 24.8 Å². The summed E-state index contributed by atoms with van der Waals surface area (Å²) in [5.74, 6) is 0. The Kier molecular flexibility index (Phi) is 5.95. The van der Waals surface area contributed by atoms with E-state index in [2.05, 4.69) is 11.9 Å². The van der Waals surface area contributed by atoms with Crippen LogP contribution in [0.15, 0.2) is 24.5 Å². The van der Waals surface area contributed by atoms with E-state index in [1.54, 1.807) is 6.20 Å². The van der Waals surface area contributed by atoms with Crippen LogP contribution in [0.5, 0.6) is 0 Å². The first-order chi connectivity index (χ1) is 6.27. The van der Waals surface area contributed by atoms with Gasteiger partial charge in [0, 0.05) is 17.7 Å². The number of rotatable bonds is 1. The lowest BCUT2D eigenvalue weighted by atomic mass is 10.1.